The topological polar surface area (TPSA) is 80.7 Å². The van der Waals surface area contributed by atoms with Gasteiger partial charge in [0, 0.05) is 29.4 Å². The molecule has 0 aromatic rings. The van der Waals surface area contributed by atoms with Gasteiger partial charge in [0.25, 0.3) is 0 Å². The molecule has 3 aliphatic carbocycles. The second-order valence-corrected chi connectivity index (χ2v) is 9.24. The molecule has 3 aliphatic rings. The molecule has 3 rings (SSSR count). The summed E-state index contributed by atoms with van der Waals surface area (Å²) in [5, 5.41) is 10.3. The minimum Gasteiger partial charge on any atom is -0.454 e. The average molecular weight is 374 g/mol. The number of hydrogen-bond acceptors (Lipinski definition) is 5. The standard InChI is InChI=1S/C22H30O5/c1-12(2)18-20(27-13(3)24)19(26)16-10-15-14(11-23)17(25)6-7-21(15,4)8-9-22(16,18)5/h10-12,17-18,20,25H,6-9H2,1-5H3/t17-,18+,20+,21+,22+/m1/s1. The van der Waals surface area contributed by atoms with Gasteiger partial charge in [-0.25, -0.2) is 0 Å². The molecule has 1 fully saturated rings. The average Bonchev–Trinajstić information content (AvgIpc) is 2.70. The first-order valence-corrected chi connectivity index (χ1v) is 9.86. The smallest absolute Gasteiger partial charge is 0.303 e. The van der Waals surface area contributed by atoms with Gasteiger partial charge in [-0.3, -0.25) is 14.4 Å². The summed E-state index contributed by atoms with van der Waals surface area (Å²) in [4.78, 5) is 36.6. The fourth-order valence-corrected chi connectivity index (χ4v) is 5.65. The number of aldehydes is 1. The summed E-state index contributed by atoms with van der Waals surface area (Å²) in [5.41, 5.74) is 1.17. The Labute approximate surface area is 160 Å². The van der Waals surface area contributed by atoms with Gasteiger partial charge in [0.15, 0.2) is 11.9 Å². The maximum Gasteiger partial charge on any atom is 0.303 e. The number of rotatable bonds is 3. The van der Waals surface area contributed by atoms with Crippen LogP contribution in [0.2, 0.25) is 0 Å². The third-order valence-corrected chi connectivity index (χ3v) is 7.11. The van der Waals surface area contributed by atoms with E-state index >= 15 is 0 Å². The molecule has 0 heterocycles. The zero-order valence-corrected chi connectivity index (χ0v) is 16.9. The molecule has 0 amide bonds. The van der Waals surface area contributed by atoms with E-state index in [2.05, 4.69) is 27.7 Å². The van der Waals surface area contributed by atoms with Gasteiger partial charge in [-0.05, 0) is 42.6 Å². The molecule has 5 heteroatoms. The van der Waals surface area contributed by atoms with Crippen LogP contribution in [-0.4, -0.2) is 35.4 Å². The van der Waals surface area contributed by atoms with Crippen molar-refractivity contribution in [2.45, 2.75) is 72.5 Å². The van der Waals surface area contributed by atoms with Crippen molar-refractivity contribution in [1.82, 2.24) is 0 Å². The van der Waals surface area contributed by atoms with E-state index in [0.29, 0.717) is 17.6 Å². The highest BCUT2D eigenvalue weighted by atomic mass is 16.5. The molecular weight excluding hydrogens is 344 g/mol. The van der Waals surface area contributed by atoms with Crippen LogP contribution in [0.4, 0.5) is 0 Å². The minimum absolute atomic E-state index is 0.103. The van der Waals surface area contributed by atoms with Crippen molar-refractivity contribution in [3.8, 4) is 0 Å². The first-order chi connectivity index (χ1) is 12.5. The van der Waals surface area contributed by atoms with E-state index in [-0.39, 0.29) is 23.0 Å². The molecule has 27 heavy (non-hydrogen) atoms. The normalized spacial score (nSPS) is 38.9. The van der Waals surface area contributed by atoms with Crippen LogP contribution in [0.5, 0.6) is 0 Å². The molecule has 5 nitrogen and oxygen atoms in total. The van der Waals surface area contributed by atoms with Crippen molar-refractivity contribution in [3.05, 3.63) is 22.8 Å². The summed E-state index contributed by atoms with van der Waals surface area (Å²) in [5.74, 6) is -0.555. The van der Waals surface area contributed by atoms with E-state index in [9.17, 15) is 19.5 Å². The highest BCUT2D eigenvalue weighted by molar-refractivity contribution is 6.04. The van der Waals surface area contributed by atoms with E-state index in [0.717, 1.165) is 31.1 Å². The van der Waals surface area contributed by atoms with E-state index in [1.165, 1.54) is 6.92 Å². The number of aliphatic hydroxyl groups excluding tert-OH is 1. The molecule has 0 saturated heterocycles. The number of esters is 1. The molecule has 0 aliphatic heterocycles. The molecule has 0 radical (unpaired) electrons. The van der Waals surface area contributed by atoms with E-state index in [1.807, 2.05) is 6.08 Å². The van der Waals surface area contributed by atoms with E-state index < -0.39 is 23.6 Å². The molecular formula is C22H30O5. The first-order valence-electron chi connectivity index (χ1n) is 9.86. The first kappa shape index (κ1) is 20.0. The lowest BCUT2D eigenvalue weighted by Gasteiger charge is -2.39. The number of Topliss-reactive ketones (excluding diaryl/α,β-unsaturated/α-hetero) is 1. The molecule has 0 spiro atoms. The fraction of sp³-hybridized carbons (Fsp3) is 0.682. The van der Waals surface area contributed by atoms with Gasteiger partial charge >= 0.3 is 5.97 Å². The van der Waals surface area contributed by atoms with Crippen LogP contribution in [0.1, 0.15) is 60.3 Å². The van der Waals surface area contributed by atoms with Gasteiger partial charge in [0.1, 0.15) is 6.29 Å². The highest BCUT2D eigenvalue weighted by Gasteiger charge is 2.58. The molecule has 1 N–H and O–H groups in total. The summed E-state index contributed by atoms with van der Waals surface area (Å²) in [6.07, 6.45) is 3.98. The summed E-state index contributed by atoms with van der Waals surface area (Å²) in [6.45, 7) is 9.65. The van der Waals surface area contributed by atoms with Crippen molar-refractivity contribution in [2.75, 3.05) is 0 Å². The Morgan fingerprint density at radius 2 is 1.96 bits per heavy atom. The number of ketones is 1. The lowest BCUT2D eigenvalue weighted by Crippen LogP contribution is -2.37. The van der Waals surface area contributed by atoms with Crippen molar-refractivity contribution >= 4 is 18.0 Å². The maximum absolute atomic E-state index is 13.3. The maximum atomic E-state index is 13.3. The molecule has 5 atom stereocenters. The summed E-state index contributed by atoms with van der Waals surface area (Å²) in [6, 6.07) is 0. The van der Waals surface area contributed by atoms with Crippen molar-refractivity contribution < 1.29 is 24.2 Å². The SMILES string of the molecule is CC(=O)O[C@@H]1C(=O)C2=CC3=C(C=O)[C@H](O)CC[C@@]3(C)CC[C@]2(C)[C@H]1C(C)C. The zero-order chi connectivity index (χ0) is 20.1. The molecule has 1 saturated carbocycles. The van der Waals surface area contributed by atoms with Gasteiger partial charge in [0.2, 0.25) is 0 Å². The Morgan fingerprint density at radius 3 is 2.52 bits per heavy atom. The Kier molecular flexibility index (Phi) is 4.96. The number of carbonyl (C=O) groups is 3. The van der Waals surface area contributed by atoms with Gasteiger partial charge in [-0.2, -0.15) is 0 Å². The fourth-order valence-electron chi connectivity index (χ4n) is 5.65. The van der Waals surface area contributed by atoms with E-state index in [4.69, 9.17) is 4.74 Å². The van der Waals surface area contributed by atoms with Crippen LogP contribution in [0.3, 0.4) is 0 Å². The quantitative estimate of drug-likeness (QED) is 0.606. The number of allylic oxidation sites excluding steroid dienone is 2. The molecule has 0 bridgehead atoms. The second kappa shape index (κ2) is 6.69. The molecule has 0 aromatic heterocycles. The Bertz CT molecular complexity index is 746. The van der Waals surface area contributed by atoms with Gasteiger partial charge in [-0.1, -0.05) is 33.8 Å². The van der Waals surface area contributed by atoms with Gasteiger partial charge in [0.05, 0.1) is 6.10 Å². The third kappa shape index (κ3) is 3.00. The predicted octanol–water partition coefficient (Wildman–Crippen LogP) is 3.16. The summed E-state index contributed by atoms with van der Waals surface area (Å²) in [7, 11) is 0. The van der Waals surface area contributed by atoms with Crippen LogP contribution in [0.15, 0.2) is 22.8 Å². The van der Waals surface area contributed by atoms with Gasteiger partial charge < -0.3 is 9.84 Å². The minimum atomic E-state index is -0.784. The third-order valence-electron chi connectivity index (χ3n) is 7.11. The van der Waals surface area contributed by atoms with Crippen molar-refractivity contribution in [2.24, 2.45) is 22.7 Å². The number of hydrogen-bond donors (Lipinski definition) is 1. The lowest BCUT2D eigenvalue weighted by atomic mass is 9.65. The van der Waals surface area contributed by atoms with Crippen molar-refractivity contribution in [3.63, 3.8) is 0 Å². The Balaban J connectivity index is 2.21. The largest absolute Gasteiger partial charge is 0.454 e. The number of carbonyl (C=O) groups excluding carboxylic acids is 3. The van der Waals surface area contributed by atoms with Crippen LogP contribution in [0.25, 0.3) is 0 Å². The second-order valence-electron chi connectivity index (χ2n) is 9.24. The predicted molar refractivity (Wildman–Crippen MR) is 101 cm³/mol. The molecule has 0 aromatic carbocycles. The summed E-state index contributed by atoms with van der Waals surface area (Å²) < 4.78 is 5.47. The Morgan fingerprint density at radius 1 is 1.30 bits per heavy atom. The molecule has 0 unspecified atom stereocenters. The number of ether oxygens (including phenoxy) is 1. The van der Waals surface area contributed by atoms with Crippen LogP contribution < -0.4 is 0 Å². The highest BCUT2D eigenvalue weighted by Crippen LogP contribution is 2.59. The lowest BCUT2D eigenvalue weighted by molar-refractivity contribution is -0.155. The zero-order valence-electron chi connectivity index (χ0n) is 16.9. The number of fused-ring (bicyclic) bond motifs is 2. The van der Waals surface area contributed by atoms with Gasteiger partial charge in [-0.15, -0.1) is 0 Å². The van der Waals surface area contributed by atoms with Crippen molar-refractivity contribution in [1.29, 1.82) is 0 Å². The van der Waals surface area contributed by atoms with Crippen LogP contribution in [-0.2, 0) is 19.1 Å². The Hall–Kier alpha value is -1.75. The number of aliphatic hydroxyl groups is 1. The monoisotopic (exact) mass is 374 g/mol. The van der Waals surface area contributed by atoms with E-state index in [1.54, 1.807) is 0 Å². The van der Waals surface area contributed by atoms with Crippen LogP contribution in [0, 0.1) is 22.7 Å². The van der Waals surface area contributed by atoms with Crippen LogP contribution >= 0.6 is 0 Å². The summed E-state index contributed by atoms with van der Waals surface area (Å²) >= 11 is 0. The molecule has 148 valence electrons.